The van der Waals surface area contributed by atoms with Gasteiger partial charge in [0.05, 0.1) is 12.7 Å². The molecule has 0 radical (unpaired) electrons. The molecular formula is C26H51NaO6S. The predicted molar refractivity (Wildman–Crippen MR) is 136 cm³/mol. The first-order valence-corrected chi connectivity index (χ1v) is 14.7. The maximum atomic E-state index is 11.7. The van der Waals surface area contributed by atoms with Gasteiger partial charge in [-0.3, -0.25) is 4.79 Å². The van der Waals surface area contributed by atoms with Crippen LogP contribution < -0.4 is 29.6 Å². The Kier molecular flexibility index (Phi) is 27.9. The Balaban J connectivity index is -0.00000512. The molecule has 0 aromatic heterocycles. The molecule has 0 aromatic carbocycles. The Hall–Kier alpha value is 0.0800. The van der Waals surface area contributed by atoms with Gasteiger partial charge in [0.25, 0.3) is 0 Å². The SMILES string of the molecule is CCCCCCCCOS(=O)(=O)OC(=O)CCCCCCC/C=C\C[C@H](O)CCCCCC.[H-].[Na+]. The molecule has 8 heteroatoms. The van der Waals surface area contributed by atoms with Gasteiger partial charge in [-0.25, -0.2) is 4.18 Å². The molecule has 0 unspecified atom stereocenters. The Labute approximate surface area is 233 Å². The maximum absolute atomic E-state index is 11.7. The van der Waals surface area contributed by atoms with Crippen LogP contribution in [0, 0.1) is 0 Å². The third kappa shape index (κ3) is 26.7. The van der Waals surface area contributed by atoms with Crippen LogP contribution in [0.4, 0.5) is 0 Å². The summed E-state index contributed by atoms with van der Waals surface area (Å²) in [5.41, 5.74) is 0. The summed E-state index contributed by atoms with van der Waals surface area (Å²) < 4.78 is 32.6. The third-order valence-electron chi connectivity index (χ3n) is 5.64. The predicted octanol–water partition coefficient (Wildman–Crippen LogP) is 4.28. The van der Waals surface area contributed by atoms with Crippen LogP contribution in [0.3, 0.4) is 0 Å². The maximum Gasteiger partial charge on any atom is 1.00 e. The van der Waals surface area contributed by atoms with Crippen LogP contribution >= 0.6 is 0 Å². The van der Waals surface area contributed by atoms with Crippen molar-refractivity contribution in [3.8, 4) is 0 Å². The van der Waals surface area contributed by atoms with Crippen molar-refractivity contribution < 1.29 is 57.7 Å². The Bertz CT molecular complexity index is 586. The van der Waals surface area contributed by atoms with Gasteiger partial charge < -0.3 is 10.7 Å². The minimum absolute atomic E-state index is 0. The zero-order valence-corrected chi connectivity index (χ0v) is 25.1. The van der Waals surface area contributed by atoms with E-state index in [-0.39, 0.29) is 50.1 Å². The van der Waals surface area contributed by atoms with E-state index in [0.29, 0.717) is 12.8 Å². The van der Waals surface area contributed by atoms with E-state index in [2.05, 4.69) is 30.2 Å². The second-order valence-corrected chi connectivity index (χ2v) is 10.2. The molecule has 0 saturated heterocycles. The van der Waals surface area contributed by atoms with Crippen molar-refractivity contribution in [2.24, 2.45) is 0 Å². The van der Waals surface area contributed by atoms with Crippen molar-refractivity contribution in [1.29, 1.82) is 0 Å². The summed E-state index contributed by atoms with van der Waals surface area (Å²) in [6, 6.07) is 0. The molecule has 0 aromatic rings. The van der Waals surface area contributed by atoms with Gasteiger partial charge >= 0.3 is 45.9 Å². The van der Waals surface area contributed by atoms with Gasteiger partial charge in [0.2, 0.25) is 0 Å². The Morgan fingerprint density at radius 2 is 1.38 bits per heavy atom. The van der Waals surface area contributed by atoms with Crippen molar-refractivity contribution >= 4 is 16.4 Å². The summed E-state index contributed by atoms with van der Waals surface area (Å²) in [7, 11) is -4.23. The van der Waals surface area contributed by atoms with Gasteiger partial charge in [-0.1, -0.05) is 103 Å². The zero-order chi connectivity index (χ0) is 24.6. The average Bonchev–Trinajstić information content (AvgIpc) is 2.77. The second kappa shape index (κ2) is 26.2. The summed E-state index contributed by atoms with van der Waals surface area (Å²) in [6.07, 6.45) is 22.3. The van der Waals surface area contributed by atoms with Crippen LogP contribution in [0.1, 0.15) is 137 Å². The standard InChI is InChI=1S/C26H50O6S.Na.H/c1-3-5-7-9-16-20-24-31-33(29,30)32-26(28)23-19-15-13-11-10-12-14-18-22-25(27)21-17-8-6-4-2;;/h14,18,25,27H,3-13,15-17,19-24H2,1-2H3;;/q;+1;-1/b18-14-;;/t25-;;/m1../s1. The molecule has 0 rings (SSSR count). The summed E-state index contributed by atoms with van der Waals surface area (Å²) in [4.78, 5) is 11.7. The van der Waals surface area contributed by atoms with Gasteiger partial charge in [0.1, 0.15) is 0 Å². The topological polar surface area (TPSA) is 89.9 Å². The van der Waals surface area contributed by atoms with Gasteiger partial charge in [0, 0.05) is 6.42 Å². The van der Waals surface area contributed by atoms with Gasteiger partial charge in [0.15, 0.2) is 0 Å². The van der Waals surface area contributed by atoms with Crippen LogP contribution in [0.5, 0.6) is 0 Å². The molecule has 0 aliphatic heterocycles. The van der Waals surface area contributed by atoms with E-state index >= 15 is 0 Å². The first-order chi connectivity index (χ1) is 15.9. The zero-order valence-electron chi connectivity index (χ0n) is 23.3. The van der Waals surface area contributed by atoms with E-state index < -0.39 is 16.4 Å². The van der Waals surface area contributed by atoms with Crippen LogP contribution in [0.15, 0.2) is 12.2 Å². The fourth-order valence-electron chi connectivity index (χ4n) is 3.58. The number of aliphatic hydroxyl groups excluding tert-OH is 1. The van der Waals surface area contributed by atoms with Crippen molar-refractivity contribution in [3.05, 3.63) is 12.2 Å². The first-order valence-electron chi connectivity index (χ1n) is 13.4. The number of allylic oxidation sites excluding steroid dienone is 1. The Morgan fingerprint density at radius 3 is 2.06 bits per heavy atom. The summed E-state index contributed by atoms with van der Waals surface area (Å²) in [5.74, 6) is -0.742. The summed E-state index contributed by atoms with van der Waals surface area (Å²) in [6.45, 7) is 4.40. The van der Waals surface area contributed by atoms with E-state index in [1.54, 1.807) is 0 Å². The number of unbranched alkanes of at least 4 members (excludes halogenated alkanes) is 13. The van der Waals surface area contributed by atoms with Gasteiger partial charge in [-0.05, 0) is 38.5 Å². The largest absolute Gasteiger partial charge is 1.00 e. The van der Waals surface area contributed by atoms with Crippen LogP contribution in [-0.2, 0) is 23.6 Å². The monoisotopic (exact) mass is 514 g/mol. The van der Waals surface area contributed by atoms with E-state index in [4.69, 9.17) is 4.18 Å². The van der Waals surface area contributed by atoms with Crippen LogP contribution in [0.2, 0.25) is 0 Å². The summed E-state index contributed by atoms with van der Waals surface area (Å²) in [5, 5.41) is 9.92. The molecule has 34 heavy (non-hydrogen) atoms. The van der Waals surface area contributed by atoms with Crippen LogP contribution in [-0.4, -0.2) is 32.2 Å². The second-order valence-electron chi connectivity index (χ2n) is 8.97. The third-order valence-corrected chi connectivity index (χ3v) is 6.48. The van der Waals surface area contributed by atoms with E-state index in [9.17, 15) is 18.3 Å². The number of rotatable bonds is 24. The Morgan fingerprint density at radius 1 is 0.824 bits per heavy atom. The number of carbonyl (C=O) groups excluding carboxylic acids is 1. The molecule has 1 N–H and O–H groups in total. The van der Waals surface area contributed by atoms with Crippen molar-refractivity contribution in [2.45, 2.75) is 142 Å². The minimum Gasteiger partial charge on any atom is -1.00 e. The molecule has 198 valence electrons. The smallest absolute Gasteiger partial charge is 1.00 e. The van der Waals surface area contributed by atoms with Crippen molar-refractivity contribution in [2.75, 3.05) is 6.61 Å². The normalized spacial score (nSPS) is 12.6. The molecule has 0 heterocycles. The van der Waals surface area contributed by atoms with Crippen molar-refractivity contribution in [3.63, 3.8) is 0 Å². The average molecular weight is 515 g/mol. The molecule has 0 bridgehead atoms. The van der Waals surface area contributed by atoms with Gasteiger partial charge in [-0.2, -0.15) is 8.42 Å². The molecule has 0 fully saturated rings. The number of hydrogen-bond donors (Lipinski definition) is 1. The molecule has 0 spiro atoms. The first kappa shape index (κ1) is 36.2. The van der Waals surface area contributed by atoms with E-state index in [0.717, 1.165) is 70.6 Å². The summed E-state index contributed by atoms with van der Waals surface area (Å²) >= 11 is 0. The quantitative estimate of drug-likeness (QED) is 0.118. The van der Waals surface area contributed by atoms with E-state index in [1.807, 2.05) is 0 Å². The number of carbonyl (C=O) groups is 1. The fourth-order valence-corrected chi connectivity index (χ4v) is 4.26. The molecular weight excluding hydrogens is 463 g/mol. The molecule has 0 amide bonds. The molecule has 0 saturated carbocycles. The van der Waals surface area contributed by atoms with Gasteiger partial charge in [-0.15, -0.1) is 0 Å². The van der Waals surface area contributed by atoms with Crippen LogP contribution in [0.25, 0.3) is 0 Å². The molecule has 0 aliphatic rings. The van der Waals surface area contributed by atoms with E-state index in [1.165, 1.54) is 32.1 Å². The number of aliphatic hydroxyl groups is 1. The minimum atomic E-state index is -4.23. The molecule has 1 atom stereocenters. The van der Waals surface area contributed by atoms with Crippen molar-refractivity contribution in [1.82, 2.24) is 0 Å². The number of hydrogen-bond acceptors (Lipinski definition) is 6. The molecule has 6 nitrogen and oxygen atoms in total. The fraction of sp³-hybridized carbons (Fsp3) is 0.885. The molecule has 0 aliphatic carbocycles.